The van der Waals surface area contributed by atoms with Gasteiger partial charge in [0.2, 0.25) is 0 Å². The number of rotatable bonds is 5. The Labute approximate surface area is 148 Å². The van der Waals surface area contributed by atoms with Gasteiger partial charge >= 0.3 is 0 Å². The molecule has 4 rings (SSSR count). The van der Waals surface area contributed by atoms with Crippen LogP contribution in [0, 0.1) is 11.7 Å². The van der Waals surface area contributed by atoms with Crippen LogP contribution in [0.2, 0.25) is 0 Å². The molecule has 0 bridgehead atoms. The van der Waals surface area contributed by atoms with Gasteiger partial charge in [-0.2, -0.15) is 0 Å². The molecule has 0 spiro atoms. The average molecular weight is 328 g/mol. The van der Waals surface area contributed by atoms with Crippen LogP contribution in [0.5, 0.6) is 0 Å². The zero-order valence-electron chi connectivity index (χ0n) is 14.2. The molecule has 3 aromatic rings. The molecule has 0 nitrogen and oxygen atoms in total. The van der Waals surface area contributed by atoms with Crippen LogP contribution in [-0.4, -0.2) is 0 Å². The first-order valence-corrected chi connectivity index (χ1v) is 8.91. The molecule has 1 heteroatoms. The molecule has 0 amide bonds. The molecule has 124 valence electrons. The van der Waals surface area contributed by atoms with E-state index in [0.717, 1.165) is 17.9 Å². The first kappa shape index (κ1) is 15.8. The summed E-state index contributed by atoms with van der Waals surface area (Å²) >= 11 is 0. The quantitative estimate of drug-likeness (QED) is 0.464. The van der Waals surface area contributed by atoms with Crippen LogP contribution in [0.25, 0.3) is 11.1 Å². The van der Waals surface area contributed by atoms with E-state index in [1.54, 1.807) is 12.1 Å². The van der Waals surface area contributed by atoms with Crippen LogP contribution in [0.15, 0.2) is 84.9 Å². The molecule has 0 atom stereocenters. The van der Waals surface area contributed by atoms with Gasteiger partial charge in [0.15, 0.2) is 0 Å². The van der Waals surface area contributed by atoms with Crippen LogP contribution in [0.3, 0.4) is 0 Å². The first-order chi connectivity index (χ1) is 12.3. The van der Waals surface area contributed by atoms with Crippen LogP contribution in [-0.2, 0) is 0 Å². The second kappa shape index (κ2) is 7.06. The Bertz CT molecular complexity index is 857. The van der Waals surface area contributed by atoms with Crippen molar-refractivity contribution in [3.05, 3.63) is 107 Å². The highest BCUT2D eigenvalue weighted by molar-refractivity contribution is 5.98. The van der Waals surface area contributed by atoms with E-state index in [1.807, 2.05) is 18.2 Å². The summed E-state index contributed by atoms with van der Waals surface area (Å²) in [5.41, 5.74) is 6.11. The molecule has 25 heavy (non-hydrogen) atoms. The molecule has 1 saturated carbocycles. The Morgan fingerprint density at radius 2 is 1.20 bits per heavy atom. The number of halogens is 1. The van der Waals surface area contributed by atoms with Gasteiger partial charge in [0.05, 0.1) is 0 Å². The molecule has 3 aromatic carbocycles. The van der Waals surface area contributed by atoms with Crippen molar-refractivity contribution in [2.45, 2.75) is 19.3 Å². The molecule has 0 radical (unpaired) electrons. The monoisotopic (exact) mass is 328 g/mol. The predicted molar refractivity (Wildman–Crippen MR) is 103 cm³/mol. The highest BCUT2D eigenvalue weighted by Crippen LogP contribution is 2.43. The zero-order valence-corrected chi connectivity index (χ0v) is 14.2. The third-order valence-electron chi connectivity index (χ3n) is 4.81. The second-order valence-electron chi connectivity index (χ2n) is 6.74. The van der Waals surface area contributed by atoms with Crippen molar-refractivity contribution in [3.8, 4) is 0 Å². The smallest absolute Gasteiger partial charge is 0.123 e. The number of hydrogen-bond acceptors (Lipinski definition) is 0. The van der Waals surface area contributed by atoms with Gasteiger partial charge in [-0.3, -0.25) is 0 Å². The van der Waals surface area contributed by atoms with Crippen molar-refractivity contribution in [3.63, 3.8) is 0 Å². The lowest BCUT2D eigenvalue weighted by Gasteiger charge is -2.17. The highest BCUT2D eigenvalue weighted by Gasteiger charge is 2.25. The molecule has 0 heterocycles. The van der Waals surface area contributed by atoms with Gasteiger partial charge < -0.3 is 0 Å². The summed E-state index contributed by atoms with van der Waals surface area (Å²) in [6, 6.07) is 28.0. The van der Waals surface area contributed by atoms with Crippen molar-refractivity contribution >= 4 is 11.1 Å². The maximum absolute atomic E-state index is 13.5. The van der Waals surface area contributed by atoms with E-state index < -0.39 is 0 Å². The van der Waals surface area contributed by atoms with E-state index in [2.05, 4.69) is 54.6 Å². The molecule has 1 aliphatic carbocycles. The molecular weight excluding hydrogens is 307 g/mol. The SMILES string of the molecule is Fc1ccc(/C(=C(\CC2CC2)c2ccccc2)c2ccccc2)cc1. The summed E-state index contributed by atoms with van der Waals surface area (Å²) < 4.78 is 13.5. The Hall–Kier alpha value is -2.67. The zero-order chi connectivity index (χ0) is 17.1. The second-order valence-corrected chi connectivity index (χ2v) is 6.74. The lowest BCUT2D eigenvalue weighted by molar-refractivity contribution is 0.627. The summed E-state index contributed by atoms with van der Waals surface area (Å²) in [6.07, 6.45) is 3.69. The normalized spacial score (nSPS) is 14.9. The number of allylic oxidation sites excluding steroid dienone is 1. The van der Waals surface area contributed by atoms with Gasteiger partial charge in [-0.05, 0) is 65.1 Å². The number of hydrogen-bond donors (Lipinski definition) is 0. The van der Waals surface area contributed by atoms with Crippen molar-refractivity contribution < 1.29 is 4.39 Å². The van der Waals surface area contributed by atoms with E-state index in [-0.39, 0.29) is 5.82 Å². The Morgan fingerprint density at radius 3 is 1.76 bits per heavy atom. The van der Waals surface area contributed by atoms with Gasteiger partial charge in [0.25, 0.3) is 0 Å². The standard InChI is InChI=1S/C24H21F/c25-22-15-13-21(14-16-22)24(20-9-5-2-6-10-20)23(17-18-11-12-18)19-7-3-1-4-8-19/h1-10,13-16,18H,11-12,17H2/b24-23+. The van der Waals surface area contributed by atoms with Crippen molar-refractivity contribution in [2.75, 3.05) is 0 Å². The third kappa shape index (κ3) is 3.71. The van der Waals surface area contributed by atoms with E-state index in [1.165, 1.54) is 35.1 Å². The molecule has 0 saturated heterocycles. The van der Waals surface area contributed by atoms with E-state index in [9.17, 15) is 4.39 Å². The lowest BCUT2D eigenvalue weighted by atomic mass is 9.87. The molecule has 0 aliphatic heterocycles. The van der Waals surface area contributed by atoms with Gasteiger partial charge in [0, 0.05) is 0 Å². The van der Waals surface area contributed by atoms with Crippen LogP contribution in [0.4, 0.5) is 4.39 Å². The molecule has 0 unspecified atom stereocenters. The lowest BCUT2D eigenvalue weighted by Crippen LogP contribution is -1.97. The van der Waals surface area contributed by atoms with Crippen molar-refractivity contribution in [2.24, 2.45) is 5.92 Å². The Kier molecular flexibility index (Phi) is 4.47. The fourth-order valence-corrected chi connectivity index (χ4v) is 3.35. The van der Waals surface area contributed by atoms with Gasteiger partial charge in [-0.25, -0.2) is 4.39 Å². The van der Waals surface area contributed by atoms with Gasteiger partial charge in [-0.1, -0.05) is 72.8 Å². The summed E-state index contributed by atoms with van der Waals surface area (Å²) in [4.78, 5) is 0. The third-order valence-corrected chi connectivity index (χ3v) is 4.81. The summed E-state index contributed by atoms with van der Waals surface area (Å²) in [7, 11) is 0. The summed E-state index contributed by atoms with van der Waals surface area (Å²) in [5.74, 6) is 0.578. The Morgan fingerprint density at radius 1 is 0.680 bits per heavy atom. The topological polar surface area (TPSA) is 0 Å². The highest BCUT2D eigenvalue weighted by atomic mass is 19.1. The minimum Gasteiger partial charge on any atom is -0.207 e. The molecular formula is C24H21F. The van der Waals surface area contributed by atoms with Crippen LogP contribution >= 0.6 is 0 Å². The summed E-state index contributed by atoms with van der Waals surface area (Å²) in [5, 5.41) is 0. The average Bonchev–Trinajstić information content (AvgIpc) is 3.48. The van der Waals surface area contributed by atoms with Crippen molar-refractivity contribution in [1.29, 1.82) is 0 Å². The number of benzene rings is 3. The maximum atomic E-state index is 13.5. The minimum atomic E-state index is -0.195. The Balaban J connectivity index is 1.94. The van der Waals surface area contributed by atoms with Crippen LogP contribution < -0.4 is 0 Å². The van der Waals surface area contributed by atoms with E-state index in [4.69, 9.17) is 0 Å². The molecule has 0 aromatic heterocycles. The van der Waals surface area contributed by atoms with Gasteiger partial charge in [-0.15, -0.1) is 0 Å². The van der Waals surface area contributed by atoms with Crippen molar-refractivity contribution in [1.82, 2.24) is 0 Å². The predicted octanol–water partition coefficient (Wildman–Crippen LogP) is 6.58. The molecule has 1 fully saturated rings. The maximum Gasteiger partial charge on any atom is 0.123 e. The molecule has 0 N–H and O–H groups in total. The van der Waals surface area contributed by atoms with E-state index in [0.29, 0.717) is 0 Å². The molecule has 1 aliphatic rings. The first-order valence-electron chi connectivity index (χ1n) is 8.91. The summed E-state index contributed by atoms with van der Waals surface area (Å²) in [6.45, 7) is 0. The fourth-order valence-electron chi connectivity index (χ4n) is 3.35. The van der Waals surface area contributed by atoms with Gasteiger partial charge in [0.1, 0.15) is 5.82 Å². The largest absolute Gasteiger partial charge is 0.207 e. The van der Waals surface area contributed by atoms with Crippen LogP contribution in [0.1, 0.15) is 36.0 Å². The fraction of sp³-hybridized carbons (Fsp3) is 0.167. The van der Waals surface area contributed by atoms with E-state index >= 15 is 0 Å². The minimum absolute atomic E-state index is 0.195.